The van der Waals surface area contributed by atoms with E-state index >= 15 is 0 Å². The molecule has 2 saturated heterocycles. The average Bonchev–Trinajstić information content (AvgIpc) is 2.33. The van der Waals surface area contributed by atoms with Crippen LogP contribution in [0.3, 0.4) is 0 Å². The molecule has 0 saturated carbocycles. The van der Waals surface area contributed by atoms with E-state index in [4.69, 9.17) is 9.47 Å². The van der Waals surface area contributed by atoms with Gasteiger partial charge in [0.05, 0.1) is 18.8 Å². The third-order valence-corrected chi connectivity index (χ3v) is 4.26. The smallest absolute Gasteiger partial charge is 0.0859 e. The first-order valence-corrected chi connectivity index (χ1v) is 7.15. The van der Waals surface area contributed by atoms with Gasteiger partial charge in [0.25, 0.3) is 0 Å². The Morgan fingerprint density at radius 3 is 2.67 bits per heavy atom. The molecule has 2 N–H and O–H groups in total. The molecular weight excluding hydrogens is 228 g/mol. The van der Waals surface area contributed by atoms with Crippen LogP contribution in [0, 0.1) is 5.41 Å². The highest BCUT2D eigenvalue weighted by atomic mass is 16.5. The van der Waals surface area contributed by atoms with Gasteiger partial charge in [-0.05, 0) is 37.8 Å². The lowest BCUT2D eigenvalue weighted by Crippen LogP contribution is -2.62. The molecule has 1 spiro atoms. The van der Waals surface area contributed by atoms with Crippen LogP contribution in [0.5, 0.6) is 0 Å². The van der Waals surface area contributed by atoms with Gasteiger partial charge in [-0.3, -0.25) is 0 Å². The van der Waals surface area contributed by atoms with Crippen LogP contribution in [0.2, 0.25) is 0 Å². The molecule has 18 heavy (non-hydrogen) atoms. The Hall–Kier alpha value is -0.160. The maximum Gasteiger partial charge on any atom is 0.0859 e. The first kappa shape index (κ1) is 14.3. The molecule has 0 aromatic rings. The Labute approximate surface area is 111 Å². The summed E-state index contributed by atoms with van der Waals surface area (Å²) in [6.07, 6.45) is 3.35. The van der Waals surface area contributed by atoms with E-state index in [0.29, 0.717) is 6.04 Å². The maximum absolute atomic E-state index is 6.20. The van der Waals surface area contributed by atoms with Crippen molar-refractivity contribution in [2.45, 2.75) is 44.8 Å². The highest BCUT2D eigenvalue weighted by Crippen LogP contribution is 2.35. The topological polar surface area (TPSA) is 42.5 Å². The Bertz CT molecular complexity index is 254. The highest BCUT2D eigenvalue weighted by Gasteiger charge is 2.44. The molecule has 2 aliphatic heterocycles. The molecule has 4 heteroatoms. The van der Waals surface area contributed by atoms with E-state index in [9.17, 15) is 0 Å². The molecule has 1 unspecified atom stereocenters. The van der Waals surface area contributed by atoms with Crippen LogP contribution < -0.4 is 10.6 Å². The van der Waals surface area contributed by atoms with Crippen molar-refractivity contribution in [1.82, 2.24) is 10.6 Å². The summed E-state index contributed by atoms with van der Waals surface area (Å²) in [6, 6.07) is 0.457. The van der Waals surface area contributed by atoms with Crippen molar-refractivity contribution >= 4 is 0 Å². The average molecular weight is 256 g/mol. The fourth-order valence-corrected chi connectivity index (χ4v) is 3.38. The van der Waals surface area contributed by atoms with E-state index < -0.39 is 0 Å². The van der Waals surface area contributed by atoms with Crippen molar-refractivity contribution in [3.63, 3.8) is 0 Å². The van der Waals surface area contributed by atoms with Crippen molar-refractivity contribution in [1.29, 1.82) is 0 Å². The molecule has 2 fully saturated rings. The quantitative estimate of drug-likeness (QED) is 0.792. The Morgan fingerprint density at radius 1 is 1.28 bits per heavy atom. The second kappa shape index (κ2) is 5.87. The summed E-state index contributed by atoms with van der Waals surface area (Å²) in [5, 5.41) is 7.12. The Morgan fingerprint density at radius 2 is 2.00 bits per heavy atom. The predicted octanol–water partition coefficient (Wildman–Crippen LogP) is 1.16. The van der Waals surface area contributed by atoms with Crippen LogP contribution in [0.25, 0.3) is 0 Å². The lowest BCUT2D eigenvalue weighted by molar-refractivity contribution is -0.123. The first-order valence-electron chi connectivity index (χ1n) is 7.15. The van der Waals surface area contributed by atoms with E-state index in [1.165, 1.54) is 0 Å². The van der Waals surface area contributed by atoms with Gasteiger partial charge in [0.15, 0.2) is 0 Å². The number of methoxy groups -OCH3 is 1. The van der Waals surface area contributed by atoms with E-state index in [1.54, 1.807) is 7.11 Å². The van der Waals surface area contributed by atoms with E-state index in [2.05, 4.69) is 24.5 Å². The molecular formula is C14H28N2O2. The number of morpholine rings is 1. The molecule has 0 amide bonds. The lowest BCUT2D eigenvalue weighted by atomic mass is 9.75. The molecule has 1 atom stereocenters. The van der Waals surface area contributed by atoms with Crippen LogP contribution in [0.15, 0.2) is 0 Å². The predicted molar refractivity (Wildman–Crippen MR) is 72.9 cm³/mol. The fourth-order valence-electron chi connectivity index (χ4n) is 3.38. The van der Waals surface area contributed by atoms with Gasteiger partial charge >= 0.3 is 0 Å². The minimum atomic E-state index is 0.0501. The summed E-state index contributed by atoms with van der Waals surface area (Å²) < 4.78 is 11.5. The Balaban J connectivity index is 2.03. The molecule has 0 aromatic heterocycles. The van der Waals surface area contributed by atoms with Crippen molar-refractivity contribution in [3.05, 3.63) is 0 Å². The van der Waals surface area contributed by atoms with Crippen LogP contribution in [-0.2, 0) is 9.47 Å². The number of ether oxygens (including phenoxy) is 2. The van der Waals surface area contributed by atoms with Gasteiger partial charge in [-0.15, -0.1) is 0 Å². The third-order valence-electron chi connectivity index (χ3n) is 4.26. The molecule has 0 aliphatic carbocycles. The largest absolute Gasteiger partial charge is 0.384 e. The highest BCUT2D eigenvalue weighted by molar-refractivity contribution is 5.00. The molecule has 0 radical (unpaired) electrons. The normalized spacial score (nSPS) is 28.5. The molecule has 2 aliphatic rings. The SMILES string of the molecule is COCC(C)(C)CC1NCCOC12CCNCC2. The van der Waals surface area contributed by atoms with Crippen LogP contribution in [0.1, 0.15) is 33.1 Å². The summed E-state index contributed by atoms with van der Waals surface area (Å²) >= 11 is 0. The van der Waals surface area contributed by atoms with Gasteiger partial charge in [-0.25, -0.2) is 0 Å². The minimum Gasteiger partial charge on any atom is -0.384 e. The molecule has 0 aromatic carbocycles. The number of nitrogens with one attached hydrogen (secondary N) is 2. The summed E-state index contributed by atoms with van der Waals surface area (Å²) in [4.78, 5) is 0. The number of hydrogen-bond acceptors (Lipinski definition) is 4. The molecule has 4 nitrogen and oxygen atoms in total. The van der Waals surface area contributed by atoms with Crippen LogP contribution in [-0.4, -0.2) is 51.6 Å². The third kappa shape index (κ3) is 3.23. The first-order chi connectivity index (χ1) is 8.58. The van der Waals surface area contributed by atoms with Gasteiger partial charge in [0.2, 0.25) is 0 Å². The minimum absolute atomic E-state index is 0.0501. The zero-order chi connectivity index (χ0) is 13.1. The van der Waals surface area contributed by atoms with Gasteiger partial charge in [-0.2, -0.15) is 0 Å². The van der Waals surface area contributed by atoms with E-state index in [0.717, 1.165) is 52.1 Å². The van der Waals surface area contributed by atoms with Gasteiger partial charge in [-0.1, -0.05) is 13.8 Å². The van der Waals surface area contributed by atoms with Crippen molar-refractivity contribution < 1.29 is 9.47 Å². The van der Waals surface area contributed by atoms with Crippen LogP contribution >= 0.6 is 0 Å². The van der Waals surface area contributed by atoms with Gasteiger partial charge < -0.3 is 20.1 Å². The summed E-state index contributed by atoms with van der Waals surface area (Å²) in [6.45, 7) is 9.33. The number of hydrogen-bond donors (Lipinski definition) is 2. The molecule has 2 rings (SSSR count). The van der Waals surface area contributed by atoms with Crippen molar-refractivity contribution in [2.75, 3.05) is 40.0 Å². The second-order valence-electron chi connectivity index (χ2n) is 6.47. The van der Waals surface area contributed by atoms with Gasteiger partial charge in [0, 0.05) is 19.7 Å². The zero-order valence-corrected chi connectivity index (χ0v) is 12.1. The molecule has 2 heterocycles. The standard InChI is InChI=1S/C14H28N2O2/c1-13(2,11-17-3)10-12-14(18-9-8-16-12)4-6-15-7-5-14/h12,15-16H,4-11H2,1-3H3. The monoisotopic (exact) mass is 256 g/mol. The summed E-state index contributed by atoms with van der Waals surface area (Å²) in [5.74, 6) is 0. The maximum atomic E-state index is 6.20. The lowest BCUT2D eigenvalue weighted by Gasteiger charge is -2.49. The van der Waals surface area contributed by atoms with Crippen molar-refractivity contribution in [3.8, 4) is 0 Å². The number of piperidine rings is 1. The van der Waals surface area contributed by atoms with Crippen molar-refractivity contribution in [2.24, 2.45) is 5.41 Å². The Kier molecular flexibility index (Phi) is 4.64. The molecule has 0 bridgehead atoms. The zero-order valence-electron chi connectivity index (χ0n) is 12.1. The van der Waals surface area contributed by atoms with Crippen LogP contribution in [0.4, 0.5) is 0 Å². The van der Waals surface area contributed by atoms with Gasteiger partial charge in [0.1, 0.15) is 0 Å². The summed E-state index contributed by atoms with van der Waals surface area (Å²) in [7, 11) is 1.78. The van der Waals surface area contributed by atoms with E-state index in [-0.39, 0.29) is 11.0 Å². The fraction of sp³-hybridized carbons (Fsp3) is 1.00. The second-order valence-corrected chi connectivity index (χ2v) is 6.47. The summed E-state index contributed by atoms with van der Waals surface area (Å²) in [5.41, 5.74) is 0.250. The number of rotatable bonds is 4. The molecule has 106 valence electrons. The van der Waals surface area contributed by atoms with E-state index in [1.807, 2.05) is 0 Å².